The highest BCUT2D eigenvalue weighted by atomic mass is 32.1. The number of thiazole rings is 1. The van der Waals surface area contributed by atoms with Gasteiger partial charge < -0.3 is 14.1 Å². The Morgan fingerprint density at radius 1 is 1.42 bits per heavy atom. The summed E-state index contributed by atoms with van der Waals surface area (Å²) in [5.74, 6) is -0.0462. The molecule has 1 amide bonds. The monoisotopic (exact) mass is 373 g/mol. The molecular weight excluding hydrogens is 354 g/mol. The summed E-state index contributed by atoms with van der Waals surface area (Å²) in [4.78, 5) is 22.9. The Kier molecular flexibility index (Phi) is 4.81. The highest BCUT2D eigenvalue weighted by Crippen LogP contribution is 2.30. The molecule has 0 fully saturated rings. The van der Waals surface area contributed by atoms with E-state index in [4.69, 9.17) is 14.3 Å². The largest absolute Gasteiger partial charge is 0.451 e. The molecule has 0 radical (unpaired) electrons. The Hall–Kier alpha value is -2.52. The zero-order chi connectivity index (χ0) is 17.9. The topological polar surface area (TPSA) is 86.3 Å². The molecule has 3 aromatic rings. The molecule has 0 bridgehead atoms. The van der Waals surface area contributed by atoms with E-state index in [1.165, 1.54) is 17.7 Å². The second-order valence-electron chi connectivity index (χ2n) is 6.07. The van der Waals surface area contributed by atoms with Crippen molar-refractivity contribution in [3.63, 3.8) is 0 Å². The van der Waals surface area contributed by atoms with Crippen molar-refractivity contribution in [3.05, 3.63) is 40.5 Å². The molecule has 8 nitrogen and oxygen atoms in total. The van der Waals surface area contributed by atoms with E-state index < -0.39 is 0 Å². The first-order chi connectivity index (χ1) is 12.8. The molecule has 0 N–H and O–H groups in total. The van der Waals surface area contributed by atoms with Crippen LogP contribution in [0.25, 0.3) is 11.4 Å². The molecule has 26 heavy (non-hydrogen) atoms. The molecular formula is C17H19N5O3S. The minimum absolute atomic E-state index is 0.0462. The molecule has 0 saturated carbocycles. The van der Waals surface area contributed by atoms with Gasteiger partial charge in [-0.25, -0.2) is 9.97 Å². The molecule has 4 rings (SSSR count). The lowest BCUT2D eigenvalue weighted by atomic mass is 10.0. The van der Waals surface area contributed by atoms with Crippen LogP contribution < -0.4 is 0 Å². The second kappa shape index (κ2) is 7.38. The third-order valence-electron chi connectivity index (χ3n) is 4.47. The summed E-state index contributed by atoms with van der Waals surface area (Å²) in [6.07, 6.45) is 4.61. The maximum Gasteiger partial charge on any atom is 0.273 e. The maximum atomic E-state index is 12.7. The summed E-state index contributed by atoms with van der Waals surface area (Å²) in [5, 5.41) is 6.53. The number of ether oxygens (including phenoxy) is 1. The molecule has 9 heteroatoms. The maximum absolute atomic E-state index is 12.7. The van der Waals surface area contributed by atoms with Crippen molar-refractivity contribution < 1.29 is 13.9 Å². The number of oxazole rings is 1. The SMILES string of the molecule is COCCCn1nc(-c2cocn2)c2c1CCN(C(=O)c1cscn1)C2. The average Bonchev–Trinajstić information content (AvgIpc) is 3.41. The van der Waals surface area contributed by atoms with Gasteiger partial charge in [-0.2, -0.15) is 5.10 Å². The number of carbonyl (C=O) groups excluding carboxylic acids is 1. The summed E-state index contributed by atoms with van der Waals surface area (Å²) >= 11 is 1.42. The first kappa shape index (κ1) is 16.9. The fourth-order valence-electron chi connectivity index (χ4n) is 3.22. The van der Waals surface area contributed by atoms with Crippen LogP contribution in [-0.2, 0) is 24.2 Å². The van der Waals surface area contributed by atoms with Crippen molar-refractivity contribution in [1.29, 1.82) is 0 Å². The minimum atomic E-state index is -0.0462. The van der Waals surface area contributed by atoms with Gasteiger partial charge in [0.05, 0.1) is 12.1 Å². The number of aryl methyl sites for hydroxylation is 1. The van der Waals surface area contributed by atoms with Gasteiger partial charge in [0.2, 0.25) is 0 Å². The smallest absolute Gasteiger partial charge is 0.273 e. The summed E-state index contributed by atoms with van der Waals surface area (Å²) in [6, 6.07) is 0. The standard InChI is InChI=1S/C17H19N5O3S/c1-24-6-2-4-22-15-3-5-21(17(23)14-9-26-11-19-14)7-12(15)16(20-22)13-8-25-10-18-13/h8-11H,2-7H2,1H3. The predicted molar refractivity (Wildman–Crippen MR) is 94.8 cm³/mol. The molecule has 0 spiro atoms. The summed E-state index contributed by atoms with van der Waals surface area (Å²) in [6.45, 7) is 2.60. The van der Waals surface area contributed by atoms with E-state index in [0.29, 0.717) is 31.1 Å². The fraction of sp³-hybridized carbons (Fsp3) is 0.412. The van der Waals surface area contributed by atoms with Crippen LogP contribution in [0, 0.1) is 0 Å². The Morgan fingerprint density at radius 3 is 3.08 bits per heavy atom. The van der Waals surface area contributed by atoms with Crippen LogP contribution in [0.1, 0.15) is 28.2 Å². The Labute approximate surface area is 154 Å². The van der Waals surface area contributed by atoms with E-state index in [9.17, 15) is 4.79 Å². The highest BCUT2D eigenvalue weighted by Gasteiger charge is 2.29. The van der Waals surface area contributed by atoms with Crippen molar-refractivity contribution in [1.82, 2.24) is 24.6 Å². The first-order valence-electron chi connectivity index (χ1n) is 8.41. The molecule has 0 aromatic carbocycles. The number of rotatable bonds is 6. The lowest BCUT2D eigenvalue weighted by Gasteiger charge is -2.27. The third-order valence-corrected chi connectivity index (χ3v) is 5.05. The average molecular weight is 373 g/mol. The van der Waals surface area contributed by atoms with Crippen molar-refractivity contribution in [2.45, 2.75) is 25.9 Å². The molecule has 3 aromatic heterocycles. The summed E-state index contributed by atoms with van der Waals surface area (Å²) < 4.78 is 12.3. The van der Waals surface area contributed by atoms with E-state index in [1.807, 2.05) is 9.58 Å². The predicted octanol–water partition coefficient (Wildman–Crippen LogP) is 2.23. The molecule has 0 unspecified atom stereocenters. The van der Waals surface area contributed by atoms with Gasteiger partial charge in [-0.05, 0) is 6.42 Å². The molecule has 0 aliphatic carbocycles. The zero-order valence-electron chi connectivity index (χ0n) is 14.4. The lowest BCUT2D eigenvalue weighted by molar-refractivity contribution is 0.0728. The normalized spacial score (nSPS) is 13.8. The number of carbonyl (C=O) groups is 1. The van der Waals surface area contributed by atoms with Crippen LogP contribution >= 0.6 is 11.3 Å². The molecule has 4 heterocycles. The lowest BCUT2D eigenvalue weighted by Crippen LogP contribution is -2.36. The van der Waals surface area contributed by atoms with Crippen molar-refractivity contribution in [2.24, 2.45) is 0 Å². The second-order valence-corrected chi connectivity index (χ2v) is 6.79. The van der Waals surface area contributed by atoms with Crippen LogP contribution in [-0.4, -0.2) is 50.8 Å². The highest BCUT2D eigenvalue weighted by molar-refractivity contribution is 7.07. The number of fused-ring (bicyclic) bond motifs is 1. The van der Waals surface area contributed by atoms with Gasteiger partial charge in [-0.1, -0.05) is 0 Å². The minimum Gasteiger partial charge on any atom is -0.451 e. The number of amides is 1. The summed E-state index contributed by atoms with van der Waals surface area (Å²) in [5.41, 5.74) is 5.83. The van der Waals surface area contributed by atoms with E-state index in [2.05, 4.69) is 9.97 Å². The molecule has 0 atom stereocenters. The third kappa shape index (κ3) is 3.15. The van der Waals surface area contributed by atoms with E-state index in [0.717, 1.165) is 36.3 Å². The molecule has 1 aliphatic rings. The van der Waals surface area contributed by atoms with Gasteiger partial charge in [0, 0.05) is 49.9 Å². The van der Waals surface area contributed by atoms with Gasteiger partial charge in [-0.15, -0.1) is 11.3 Å². The van der Waals surface area contributed by atoms with Gasteiger partial charge in [0.15, 0.2) is 6.39 Å². The molecule has 0 saturated heterocycles. The number of aromatic nitrogens is 4. The Morgan fingerprint density at radius 2 is 2.35 bits per heavy atom. The van der Waals surface area contributed by atoms with Crippen LogP contribution in [0.15, 0.2) is 28.0 Å². The van der Waals surface area contributed by atoms with Gasteiger partial charge >= 0.3 is 0 Å². The number of hydrogen-bond donors (Lipinski definition) is 0. The first-order valence-corrected chi connectivity index (χ1v) is 9.35. The van der Waals surface area contributed by atoms with E-state index in [1.54, 1.807) is 24.3 Å². The van der Waals surface area contributed by atoms with Gasteiger partial charge in [0.25, 0.3) is 5.91 Å². The van der Waals surface area contributed by atoms with Crippen molar-refractivity contribution in [3.8, 4) is 11.4 Å². The summed E-state index contributed by atoms with van der Waals surface area (Å²) in [7, 11) is 1.70. The number of nitrogens with zero attached hydrogens (tertiary/aromatic N) is 5. The van der Waals surface area contributed by atoms with Crippen LogP contribution in [0.3, 0.4) is 0 Å². The van der Waals surface area contributed by atoms with Crippen LogP contribution in [0.2, 0.25) is 0 Å². The molecule has 1 aliphatic heterocycles. The van der Waals surface area contributed by atoms with E-state index in [-0.39, 0.29) is 5.91 Å². The Balaban J connectivity index is 1.64. The quantitative estimate of drug-likeness (QED) is 0.616. The zero-order valence-corrected chi connectivity index (χ0v) is 15.2. The van der Waals surface area contributed by atoms with Gasteiger partial charge in [0.1, 0.15) is 23.3 Å². The number of methoxy groups -OCH3 is 1. The number of hydrogen-bond acceptors (Lipinski definition) is 7. The Bertz CT molecular complexity index is 873. The fourth-order valence-corrected chi connectivity index (χ4v) is 3.75. The van der Waals surface area contributed by atoms with Gasteiger partial charge in [-0.3, -0.25) is 9.48 Å². The van der Waals surface area contributed by atoms with E-state index >= 15 is 0 Å². The van der Waals surface area contributed by atoms with Crippen molar-refractivity contribution in [2.75, 3.05) is 20.3 Å². The molecule has 136 valence electrons. The van der Waals surface area contributed by atoms with Crippen LogP contribution in [0.5, 0.6) is 0 Å². The van der Waals surface area contributed by atoms with Crippen molar-refractivity contribution >= 4 is 17.2 Å². The van der Waals surface area contributed by atoms with Crippen LogP contribution in [0.4, 0.5) is 0 Å².